The molecule has 2 aromatic heterocycles. The molecule has 0 amide bonds. The lowest BCUT2D eigenvalue weighted by atomic mass is 10.1. The Hall–Kier alpha value is -2.16. The zero-order valence-corrected chi connectivity index (χ0v) is 15.9. The first-order valence-electron chi connectivity index (χ1n) is 8.17. The van der Waals surface area contributed by atoms with Gasteiger partial charge in [-0.05, 0) is 19.2 Å². The number of fused-ring (bicyclic) bond motifs is 1. The van der Waals surface area contributed by atoms with Crippen LogP contribution in [0.25, 0.3) is 11.0 Å². The Kier molecular flexibility index (Phi) is 5.45. The van der Waals surface area contributed by atoms with Gasteiger partial charge in [0.25, 0.3) is 0 Å². The third-order valence-corrected chi connectivity index (χ3v) is 5.02. The fraction of sp³-hybridized carbons (Fsp3) is 0.375. The van der Waals surface area contributed by atoms with Gasteiger partial charge in [0.1, 0.15) is 0 Å². The van der Waals surface area contributed by atoms with Gasteiger partial charge in [-0.3, -0.25) is 14.5 Å². The van der Waals surface area contributed by atoms with Gasteiger partial charge in [-0.2, -0.15) is 0 Å². The van der Waals surface area contributed by atoms with Crippen molar-refractivity contribution in [2.24, 2.45) is 0 Å². The largest absolute Gasteiger partial charge is 0.316 e. The summed E-state index contributed by atoms with van der Waals surface area (Å²) in [7, 11) is 0. The molecule has 2 N–H and O–H groups in total. The number of nitrogens with one attached hydrogen (secondary N) is 2. The third kappa shape index (κ3) is 3.67. The summed E-state index contributed by atoms with van der Waals surface area (Å²) < 4.78 is 1.62. The van der Waals surface area contributed by atoms with Crippen LogP contribution in [0.3, 0.4) is 0 Å². The van der Waals surface area contributed by atoms with Gasteiger partial charge in [-0.15, -0.1) is 5.10 Å². The zero-order valence-electron chi connectivity index (χ0n) is 14.3. The number of hydrogen-bond donors (Lipinski definition) is 2. The zero-order chi connectivity index (χ0) is 18.8. The Labute approximate surface area is 158 Å². The van der Waals surface area contributed by atoms with E-state index in [1.807, 2.05) is 6.20 Å². The molecule has 0 bridgehead atoms. The molecule has 0 unspecified atom stereocenters. The molecule has 0 atom stereocenters. The number of halogens is 2. The maximum Gasteiger partial charge on any atom is 0.314 e. The second-order valence-corrected chi connectivity index (χ2v) is 6.64. The number of hydrogen-bond acceptors (Lipinski definition) is 5. The van der Waals surface area contributed by atoms with E-state index < -0.39 is 11.1 Å². The Morgan fingerprint density at radius 1 is 1.15 bits per heavy atom. The predicted molar refractivity (Wildman–Crippen MR) is 101 cm³/mol. The molecule has 3 rings (SSSR count). The van der Waals surface area contributed by atoms with E-state index in [2.05, 4.69) is 39.0 Å². The summed E-state index contributed by atoms with van der Waals surface area (Å²) in [5, 5.41) is 8.87. The van der Waals surface area contributed by atoms with E-state index in [1.165, 1.54) is 6.07 Å². The average Bonchev–Trinajstić information content (AvgIpc) is 3.06. The van der Waals surface area contributed by atoms with Crippen molar-refractivity contribution >= 4 is 34.2 Å². The van der Waals surface area contributed by atoms with Gasteiger partial charge < -0.3 is 9.97 Å². The minimum atomic E-state index is -0.752. The van der Waals surface area contributed by atoms with Crippen molar-refractivity contribution in [3.8, 4) is 0 Å². The Morgan fingerprint density at radius 3 is 2.54 bits per heavy atom. The fourth-order valence-electron chi connectivity index (χ4n) is 2.74. The van der Waals surface area contributed by atoms with Crippen LogP contribution >= 0.6 is 23.2 Å². The van der Waals surface area contributed by atoms with Gasteiger partial charge in [-0.1, -0.05) is 42.3 Å². The van der Waals surface area contributed by atoms with Crippen LogP contribution < -0.4 is 11.1 Å². The van der Waals surface area contributed by atoms with Crippen LogP contribution in [-0.2, 0) is 13.1 Å². The molecule has 26 heavy (non-hydrogen) atoms. The van der Waals surface area contributed by atoms with Crippen molar-refractivity contribution in [3.63, 3.8) is 0 Å². The van der Waals surface area contributed by atoms with Gasteiger partial charge in [0.2, 0.25) is 0 Å². The van der Waals surface area contributed by atoms with Crippen LogP contribution in [0, 0.1) is 0 Å². The van der Waals surface area contributed by atoms with Gasteiger partial charge in [0.15, 0.2) is 0 Å². The quantitative estimate of drug-likeness (QED) is 0.620. The minimum absolute atomic E-state index is 0.253. The molecule has 0 aliphatic rings. The normalized spacial score (nSPS) is 11.6. The summed E-state index contributed by atoms with van der Waals surface area (Å²) in [5.74, 6) is 0. The molecular formula is C16H18Cl2N6O2. The Bertz CT molecular complexity index is 1050. The molecule has 3 aromatic rings. The minimum Gasteiger partial charge on any atom is -0.316 e. The van der Waals surface area contributed by atoms with Crippen LogP contribution in [-0.4, -0.2) is 43.0 Å². The topological polar surface area (TPSA) is 99.7 Å². The van der Waals surface area contributed by atoms with Crippen molar-refractivity contribution in [1.29, 1.82) is 0 Å². The Morgan fingerprint density at radius 2 is 1.85 bits per heavy atom. The molecular weight excluding hydrogens is 379 g/mol. The van der Waals surface area contributed by atoms with Crippen LogP contribution in [0.2, 0.25) is 10.0 Å². The summed E-state index contributed by atoms with van der Waals surface area (Å²) in [6, 6.07) is 1.51. The Balaban J connectivity index is 2.00. The number of aromatic amines is 2. The average molecular weight is 397 g/mol. The van der Waals surface area contributed by atoms with Crippen molar-refractivity contribution in [2.45, 2.75) is 26.9 Å². The monoisotopic (exact) mass is 396 g/mol. The van der Waals surface area contributed by atoms with Crippen molar-refractivity contribution in [3.05, 3.63) is 54.3 Å². The maximum absolute atomic E-state index is 11.7. The highest BCUT2D eigenvalue weighted by Crippen LogP contribution is 2.31. The molecule has 0 saturated carbocycles. The summed E-state index contributed by atoms with van der Waals surface area (Å²) in [6.45, 7) is 6.96. The molecule has 0 spiro atoms. The van der Waals surface area contributed by atoms with E-state index in [0.717, 1.165) is 18.8 Å². The fourth-order valence-corrected chi connectivity index (χ4v) is 3.18. The standard InChI is InChI=1S/C16H18Cl2N6O2/c1-3-23(4-2)6-9-7-24(22-21-9)8-10-13(18)11(17)5-12-14(10)20-16(26)15(25)19-12/h5,7H,3-4,6,8H2,1-2H3,(H,19,25)(H,20,26). The number of nitrogens with zero attached hydrogens (tertiary/aromatic N) is 4. The molecule has 0 aliphatic carbocycles. The van der Waals surface area contributed by atoms with Crippen LogP contribution in [0.15, 0.2) is 21.9 Å². The molecule has 8 nitrogen and oxygen atoms in total. The van der Waals surface area contributed by atoms with Crippen molar-refractivity contribution in [1.82, 2.24) is 29.9 Å². The highest BCUT2D eigenvalue weighted by molar-refractivity contribution is 6.43. The summed E-state index contributed by atoms with van der Waals surface area (Å²) >= 11 is 12.5. The van der Waals surface area contributed by atoms with Crippen LogP contribution in [0.5, 0.6) is 0 Å². The van der Waals surface area contributed by atoms with E-state index in [9.17, 15) is 9.59 Å². The second-order valence-electron chi connectivity index (χ2n) is 5.85. The SMILES string of the molecule is CCN(CC)Cc1cn(Cc2c(Cl)c(Cl)cc3[nH]c(=O)c(=O)[nH]c23)nn1. The molecule has 138 valence electrons. The molecule has 0 fully saturated rings. The maximum atomic E-state index is 11.7. The highest BCUT2D eigenvalue weighted by atomic mass is 35.5. The van der Waals surface area contributed by atoms with E-state index >= 15 is 0 Å². The number of rotatable bonds is 6. The van der Waals surface area contributed by atoms with Crippen LogP contribution in [0.1, 0.15) is 25.1 Å². The van der Waals surface area contributed by atoms with Gasteiger partial charge >= 0.3 is 11.1 Å². The van der Waals surface area contributed by atoms with E-state index in [4.69, 9.17) is 23.2 Å². The van der Waals surface area contributed by atoms with E-state index in [-0.39, 0.29) is 11.6 Å². The summed E-state index contributed by atoms with van der Waals surface area (Å²) in [6.07, 6.45) is 1.82. The first kappa shape index (κ1) is 18.6. The molecule has 0 saturated heterocycles. The lowest BCUT2D eigenvalue weighted by molar-refractivity contribution is 0.292. The van der Waals surface area contributed by atoms with Crippen LogP contribution in [0.4, 0.5) is 0 Å². The van der Waals surface area contributed by atoms with E-state index in [1.54, 1.807) is 4.68 Å². The first-order chi connectivity index (χ1) is 12.4. The molecule has 2 heterocycles. The highest BCUT2D eigenvalue weighted by Gasteiger charge is 2.15. The summed E-state index contributed by atoms with van der Waals surface area (Å²) in [4.78, 5) is 30.5. The number of aromatic nitrogens is 5. The van der Waals surface area contributed by atoms with Gasteiger partial charge in [0, 0.05) is 12.1 Å². The lowest BCUT2D eigenvalue weighted by Gasteiger charge is -2.15. The van der Waals surface area contributed by atoms with Gasteiger partial charge in [-0.25, -0.2) is 4.68 Å². The first-order valence-corrected chi connectivity index (χ1v) is 8.93. The summed E-state index contributed by atoms with van der Waals surface area (Å²) in [5.41, 5.74) is 0.717. The molecule has 0 radical (unpaired) electrons. The second kappa shape index (κ2) is 7.61. The third-order valence-electron chi connectivity index (χ3n) is 4.20. The van der Waals surface area contributed by atoms with E-state index in [0.29, 0.717) is 28.2 Å². The predicted octanol–water partition coefficient (Wildman–Crippen LogP) is 2.00. The molecule has 10 heteroatoms. The number of H-pyrrole nitrogens is 2. The van der Waals surface area contributed by atoms with Gasteiger partial charge in [0.05, 0.1) is 39.5 Å². The van der Waals surface area contributed by atoms with Crippen molar-refractivity contribution in [2.75, 3.05) is 13.1 Å². The smallest absolute Gasteiger partial charge is 0.314 e. The lowest BCUT2D eigenvalue weighted by Crippen LogP contribution is -2.29. The molecule has 0 aliphatic heterocycles. The number of benzene rings is 1. The van der Waals surface area contributed by atoms with Crippen molar-refractivity contribution < 1.29 is 0 Å². The molecule has 1 aromatic carbocycles.